The molecule has 0 spiro atoms. The van der Waals surface area contributed by atoms with E-state index in [-0.39, 0.29) is 5.75 Å². The molecule has 136 valence electrons. The third-order valence-electron chi connectivity index (χ3n) is 3.84. The van der Waals surface area contributed by atoms with Gasteiger partial charge in [0, 0.05) is 12.3 Å². The number of amides is 3. The van der Waals surface area contributed by atoms with E-state index >= 15 is 0 Å². The third-order valence-corrected chi connectivity index (χ3v) is 4.23. The lowest BCUT2D eigenvalue weighted by molar-refractivity contribution is -0.149. The van der Waals surface area contributed by atoms with Crippen molar-refractivity contribution in [2.45, 2.75) is 50.9 Å². The number of carboxylic acids is 1. The minimum Gasteiger partial charge on any atom is -0.480 e. The zero-order valence-corrected chi connectivity index (χ0v) is 14.6. The zero-order valence-electron chi connectivity index (χ0n) is 13.7. The average molecular weight is 360 g/mol. The van der Waals surface area contributed by atoms with E-state index in [9.17, 15) is 19.2 Å². The highest BCUT2D eigenvalue weighted by Gasteiger charge is 2.36. The SMILES string of the molecule is CC(NC(=O)C(N)CS)C(=O)NC(C)C(=O)N1CCCC1C(=O)O. The second kappa shape index (κ2) is 8.88. The molecule has 1 aliphatic rings. The summed E-state index contributed by atoms with van der Waals surface area (Å²) in [6.07, 6.45) is 1.01. The number of nitrogens with one attached hydrogen (secondary N) is 2. The maximum atomic E-state index is 12.3. The highest BCUT2D eigenvalue weighted by molar-refractivity contribution is 7.80. The largest absolute Gasteiger partial charge is 0.480 e. The van der Waals surface area contributed by atoms with Gasteiger partial charge in [0.1, 0.15) is 18.1 Å². The van der Waals surface area contributed by atoms with E-state index in [0.717, 1.165) is 0 Å². The Morgan fingerprint density at radius 2 is 1.79 bits per heavy atom. The summed E-state index contributed by atoms with van der Waals surface area (Å²) in [5, 5.41) is 14.0. The van der Waals surface area contributed by atoms with Crippen LogP contribution in [0.25, 0.3) is 0 Å². The molecule has 10 heteroatoms. The first-order valence-corrected chi connectivity index (χ1v) is 8.32. The fraction of sp³-hybridized carbons (Fsp3) is 0.714. The molecule has 4 unspecified atom stereocenters. The van der Waals surface area contributed by atoms with E-state index in [0.29, 0.717) is 19.4 Å². The quantitative estimate of drug-likeness (QED) is 0.344. The molecule has 0 saturated carbocycles. The smallest absolute Gasteiger partial charge is 0.326 e. The molecule has 1 fully saturated rings. The van der Waals surface area contributed by atoms with Gasteiger partial charge in [-0.05, 0) is 26.7 Å². The Labute approximate surface area is 145 Å². The predicted molar refractivity (Wildman–Crippen MR) is 89.4 cm³/mol. The van der Waals surface area contributed by atoms with Crippen molar-refractivity contribution in [3.05, 3.63) is 0 Å². The van der Waals surface area contributed by atoms with E-state index < -0.39 is 47.9 Å². The molecule has 0 radical (unpaired) electrons. The van der Waals surface area contributed by atoms with Crippen LogP contribution in [0.2, 0.25) is 0 Å². The number of hydrogen-bond acceptors (Lipinski definition) is 6. The molecule has 5 N–H and O–H groups in total. The Bertz CT molecular complexity index is 515. The normalized spacial score (nSPS) is 20.8. The number of carboxylic acid groups (broad SMARTS) is 1. The molecule has 0 aromatic carbocycles. The van der Waals surface area contributed by atoms with E-state index in [1.54, 1.807) is 0 Å². The molecule has 1 aliphatic heterocycles. The number of likely N-dealkylation sites (tertiary alicyclic amines) is 1. The van der Waals surface area contributed by atoms with Gasteiger partial charge in [0.25, 0.3) is 0 Å². The number of thiol groups is 1. The average Bonchev–Trinajstić information content (AvgIpc) is 3.02. The Hall–Kier alpha value is -1.81. The minimum atomic E-state index is -1.05. The fourth-order valence-corrected chi connectivity index (χ4v) is 2.57. The monoisotopic (exact) mass is 360 g/mol. The number of hydrogen-bond donors (Lipinski definition) is 5. The lowest BCUT2D eigenvalue weighted by atomic mass is 10.2. The van der Waals surface area contributed by atoms with Crippen LogP contribution in [-0.2, 0) is 19.2 Å². The summed E-state index contributed by atoms with van der Waals surface area (Å²) < 4.78 is 0. The Kier molecular flexibility index (Phi) is 7.49. The van der Waals surface area contributed by atoms with Crippen LogP contribution in [0.1, 0.15) is 26.7 Å². The zero-order chi connectivity index (χ0) is 18.4. The first-order valence-electron chi connectivity index (χ1n) is 7.69. The highest BCUT2D eigenvalue weighted by Crippen LogP contribution is 2.18. The molecule has 1 heterocycles. The summed E-state index contributed by atoms with van der Waals surface area (Å²) in [6, 6.07) is -3.46. The molecule has 24 heavy (non-hydrogen) atoms. The van der Waals surface area contributed by atoms with Gasteiger partial charge in [-0.3, -0.25) is 14.4 Å². The number of rotatable bonds is 7. The lowest BCUT2D eigenvalue weighted by Gasteiger charge is -2.26. The third kappa shape index (κ3) is 5.10. The molecule has 4 atom stereocenters. The Morgan fingerprint density at radius 1 is 1.21 bits per heavy atom. The van der Waals surface area contributed by atoms with Crippen LogP contribution in [0.4, 0.5) is 0 Å². The van der Waals surface area contributed by atoms with Crippen LogP contribution in [0.3, 0.4) is 0 Å². The number of carbonyl (C=O) groups excluding carboxylic acids is 3. The lowest BCUT2D eigenvalue weighted by Crippen LogP contribution is -2.55. The van der Waals surface area contributed by atoms with Crippen LogP contribution in [0.5, 0.6) is 0 Å². The maximum absolute atomic E-state index is 12.3. The van der Waals surface area contributed by atoms with Crippen molar-refractivity contribution >= 4 is 36.3 Å². The predicted octanol–water partition coefficient (Wildman–Crippen LogP) is -1.67. The van der Waals surface area contributed by atoms with Gasteiger partial charge in [-0.2, -0.15) is 12.6 Å². The summed E-state index contributed by atoms with van der Waals surface area (Å²) in [5.74, 6) is -2.45. The van der Waals surface area contributed by atoms with Crippen molar-refractivity contribution in [2.24, 2.45) is 5.73 Å². The van der Waals surface area contributed by atoms with E-state index in [1.165, 1.54) is 18.7 Å². The summed E-state index contributed by atoms with van der Waals surface area (Å²) in [7, 11) is 0. The molecule has 1 saturated heterocycles. The molecule has 0 aromatic rings. The van der Waals surface area contributed by atoms with Gasteiger partial charge in [0.05, 0.1) is 6.04 Å². The van der Waals surface area contributed by atoms with Gasteiger partial charge in [-0.25, -0.2) is 4.79 Å². The van der Waals surface area contributed by atoms with Gasteiger partial charge in [0.15, 0.2) is 0 Å². The molecular formula is C14H24N4O5S. The first kappa shape index (κ1) is 20.2. The van der Waals surface area contributed by atoms with Crippen molar-refractivity contribution in [1.82, 2.24) is 15.5 Å². The van der Waals surface area contributed by atoms with E-state index in [2.05, 4.69) is 23.3 Å². The van der Waals surface area contributed by atoms with Crippen LogP contribution in [-0.4, -0.2) is 70.2 Å². The van der Waals surface area contributed by atoms with Crippen molar-refractivity contribution in [3.8, 4) is 0 Å². The number of aliphatic carboxylic acids is 1. The molecule has 3 amide bonds. The Balaban J connectivity index is 2.58. The van der Waals surface area contributed by atoms with Crippen molar-refractivity contribution in [3.63, 3.8) is 0 Å². The second-order valence-corrected chi connectivity index (χ2v) is 6.14. The first-order chi connectivity index (χ1) is 11.2. The summed E-state index contributed by atoms with van der Waals surface area (Å²) in [6.45, 7) is 3.29. The van der Waals surface area contributed by atoms with E-state index in [4.69, 9.17) is 10.8 Å². The van der Waals surface area contributed by atoms with Gasteiger partial charge in [0.2, 0.25) is 17.7 Å². The molecule has 0 bridgehead atoms. The maximum Gasteiger partial charge on any atom is 0.326 e. The fourth-order valence-electron chi connectivity index (χ4n) is 2.40. The van der Waals surface area contributed by atoms with E-state index in [1.807, 2.05) is 0 Å². The van der Waals surface area contributed by atoms with Crippen LogP contribution >= 0.6 is 12.6 Å². The van der Waals surface area contributed by atoms with Gasteiger partial charge < -0.3 is 26.4 Å². The summed E-state index contributed by atoms with van der Waals surface area (Å²) in [5.41, 5.74) is 5.50. The van der Waals surface area contributed by atoms with Crippen molar-refractivity contribution < 1.29 is 24.3 Å². The standard InChI is InChI=1S/C14H24N4O5S/c1-7(16-12(20)9(15)6-24)11(19)17-8(2)13(21)18-5-3-4-10(18)14(22)23/h7-10,24H,3-6,15H2,1-2H3,(H,16,20)(H,17,19)(H,22,23). The number of nitrogens with two attached hydrogens (primary N) is 1. The minimum absolute atomic E-state index is 0.139. The number of carbonyl (C=O) groups is 4. The number of nitrogens with zero attached hydrogens (tertiary/aromatic N) is 1. The van der Waals surface area contributed by atoms with Crippen molar-refractivity contribution in [1.29, 1.82) is 0 Å². The van der Waals surface area contributed by atoms with Crippen LogP contribution in [0, 0.1) is 0 Å². The van der Waals surface area contributed by atoms with Gasteiger partial charge >= 0.3 is 5.97 Å². The topological polar surface area (TPSA) is 142 Å². The van der Waals surface area contributed by atoms with Crippen LogP contribution < -0.4 is 16.4 Å². The molecular weight excluding hydrogens is 336 g/mol. The van der Waals surface area contributed by atoms with Gasteiger partial charge in [-0.15, -0.1) is 0 Å². The molecule has 0 aromatic heterocycles. The molecule has 0 aliphatic carbocycles. The Morgan fingerprint density at radius 3 is 2.33 bits per heavy atom. The molecule has 9 nitrogen and oxygen atoms in total. The second-order valence-electron chi connectivity index (χ2n) is 5.78. The van der Waals surface area contributed by atoms with Gasteiger partial charge in [-0.1, -0.05) is 0 Å². The highest BCUT2D eigenvalue weighted by atomic mass is 32.1. The van der Waals surface area contributed by atoms with Crippen molar-refractivity contribution in [2.75, 3.05) is 12.3 Å². The van der Waals surface area contributed by atoms with Crippen LogP contribution in [0.15, 0.2) is 0 Å². The summed E-state index contributed by atoms with van der Waals surface area (Å²) >= 11 is 3.90. The molecule has 1 rings (SSSR count). The summed E-state index contributed by atoms with van der Waals surface area (Å²) in [4.78, 5) is 48.4.